The summed E-state index contributed by atoms with van der Waals surface area (Å²) in [5.74, 6) is -0.660. The number of nitrogens with zero attached hydrogens (tertiary/aromatic N) is 4. The lowest BCUT2D eigenvalue weighted by Crippen LogP contribution is -2.32. The first-order valence-electron chi connectivity index (χ1n) is 9.48. The van der Waals surface area contributed by atoms with Crippen LogP contribution in [0, 0.1) is 5.82 Å². The number of hydrogen-bond acceptors (Lipinski definition) is 5. The molecule has 3 rings (SSSR count). The van der Waals surface area contributed by atoms with Crippen molar-refractivity contribution < 1.29 is 31.8 Å². The number of aromatic nitrogens is 3. The van der Waals surface area contributed by atoms with E-state index in [4.69, 9.17) is 9.47 Å². The molecule has 0 spiro atoms. The van der Waals surface area contributed by atoms with Crippen molar-refractivity contribution in [2.24, 2.45) is 0 Å². The summed E-state index contributed by atoms with van der Waals surface area (Å²) in [4.78, 5) is 14.2. The van der Waals surface area contributed by atoms with E-state index in [1.54, 1.807) is 25.1 Å². The van der Waals surface area contributed by atoms with Crippen LogP contribution in [-0.2, 0) is 12.7 Å². The molecule has 0 fully saturated rings. The average molecular weight is 452 g/mol. The zero-order valence-electron chi connectivity index (χ0n) is 17.5. The molecule has 32 heavy (non-hydrogen) atoms. The highest BCUT2D eigenvalue weighted by Crippen LogP contribution is 2.34. The number of benzene rings is 2. The normalized spacial score (nSPS) is 11.3. The lowest BCUT2D eigenvalue weighted by molar-refractivity contribution is -0.143. The molecule has 0 atom stereocenters. The van der Waals surface area contributed by atoms with Gasteiger partial charge in [-0.2, -0.15) is 13.2 Å². The number of amides is 1. The molecular weight excluding hydrogens is 432 g/mol. The molecule has 170 valence electrons. The number of hydrogen-bond donors (Lipinski definition) is 0. The zero-order valence-corrected chi connectivity index (χ0v) is 17.5. The van der Waals surface area contributed by atoms with Gasteiger partial charge in [0.1, 0.15) is 5.82 Å². The number of ether oxygens (including phenoxy) is 2. The number of carbonyl (C=O) groups excluding carboxylic acids is 1. The second kappa shape index (κ2) is 9.25. The highest BCUT2D eigenvalue weighted by Gasteiger charge is 2.42. The molecule has 1 heterocycles. The first kappa shape index (κ1) is 23.0. The summed E-state index contributed by atoms with van der Waals surface area (Å²) < 4.78 is 65.7. The molecule has 1 amide bonds. The fourth-order valence-corrected chi connectivity index (χ4v) is 3.12. The van der Waals surface area contributed by atoms with Gasteiger partial charge in [-0.05, 0) is 48.9 Å². The lowest BCUT2D eigenvalue weighted by atomic mass is 10.1. The number of carbonyl (C=O) groups is 1. The summed E-state index contributed by atoms with van der Waals surface area (Å²) in [6.45, 7) is 1.76. The Morgan fingerprint density at radius 2 is 1.72 bits per heavy atom. The fourth-order valence-electron chi connectivity index (χ4n) is 3.12. The molecule has 2 aromatic carbocycles. The molecular formula is C21H20F4N4O3. The minimum absolute atomic E-state index is 0.0103. The lowest BCUT2D eigenvalue weighted by Gasteiger charge is -2.21. The third-order valence-corrected chi connectivity index (χ3v) is 4.70. The molecule has 0 bridgehead atoms. The van der Waals surface area contributed by atoms with E-state index < -0.39 is 29.3 Å². The third-order valence-electron chi connectivity index (χ3n) is 4.70. The second-order valence-corrected chi connectivity index (χ2v) is 6.68. The SMILES string of the molecule is CCN(Cc1ccc(OC)c(OC)c1)C(=O)c1nnn(-c2ccc(F)cc2)c1C(F)(F)F. The monoisotopic (exact) mass is 452 g/mol. The first-order chi connectivity index (χ1) is 15.2. The van der Waals surface area contributed by atoms with E-state index in [-0.39, 0.29) is 18.8 Å². The Labute approximate surface area is 181 Å². The minimum Gasteiger partial charge on any atom is -0.493 e. The van der Waals surface area contributed by atoms with Gasteiger partial charge in [0.15, 0.2) is 22.9 Å². The Bertz CT molecular complexity index is 1100. The van der Waals surface area contributed by atoms with Gasteiger partial charge in [-0.1, -0.05) is 11.3 Å². The van der Waals surface area contributed by atoms with E-state index in [0.717, 1.165) is 24.3 Å². The van der Waals surface area contributed by atoms with E-state index >= 15 is 0 Å². The quantitative estimate of drug-likeness (QED) is 0.505. The van der Waals surface area contributed by atoms with Gasteiger partial charge in [0.05, 0.1) is 19.9 Å². The maximum absolute atomic E-state index is 13.9. The maximum Gasteiger partial charge on any atom is 0.435 e. The molecule has 0 N–H and O–H groups in total. The van der Waals surface area contributed by atoms with Crippen molar-refractivity contribution in [3.8, 4) is 17.2 Å². The van der Waals surface area contributed by atoms with Gasteiger partial charge >= 0.3 is 6.18 Å². The summed E-state index contributed by atoms with van der Waals surface area (Å²) in [5.41, 5.74) is -1.63. The summed E-state index contributed by atoms with van der Waals surface area (Å²) in [7, 11) is 2.93. The number of halogens is 4. The maximum atomic E-state index is 13.9. The fraction of sp³-hybridized carbons (Fsp3) is 0.286. The van der Waals surface area contributed by atoms with E-state index in [1.165, 1.54) is 19.1 Å². The largest absolute Gasteiger partial charge is 0.493 e. The van der Waals surface area contributed by atoms with Gasteiger partial charge in [-0.25, -0.2) is 9.07 Å². The average Bonchev–Trinajstić information content (AvgIpc) is 3.23. The highest BCUT2D eigenvalue weighted by atomic mass is 19.4. The molecule has 0 unspecified atom stereocenters. The van der Waals surface area contributed by atoms with Gasteiger partial charge in [0, 0.05) is 13.1 Å². The third kappa shape index (κ3) is 4.66. The Kier molecular flexibility index (Phi) is 6.66. The van der Waals surface area contributed by atoms with Crippen LogP contribution in [-0.4, -0.2) is 46.6 Å². The molecule has 0 saturated carbocycles. The van der Waals surface area contributed by atoms with Crippen LogP contribution in [0.15, 0.2) is 42.5 Å². The van der Waals surface area contributed by atoms with Crippen LogP contribution in [0.1, 0.15) is 28.7 Å². The molecule has 7 nitrogen and oxygen atoms in total. The molecule has 0 aliphatic rings. The summed E-state index contributed by atoms with van der Waals surface area (Å²) in [6.07, 6.45) is -4.92. The number of alkyl halides is 3. The smallest absolute Gasteiger partial charge is 0.435 e. The van der Waals surface area contributed by atoms with E-state index in [0.29, 0.717) is 21.7 Å². The van der Waals surface area contributed by atoms with Crippen LogP contribution >= 0.6 is 0 Å². The van der Waals surface area contributed by atoms with Gasteiger partial charge in [-0.15, -0.1) is 5.10 Å². The molecule has 3 aromatic rings. The van der Waals surface area contributed by atoms with Crippen LogP contribution in [0.5, 0.6) is 11.5 Å². The van der Waals surface area contributed by atoms with Crippen LogP contribution in [0.2, 0.25) is 0 Å². The van der Waals surface area contributed by atoms with Crippen LogP contribution in [0.3, 0.4) is 0 Å². The van der Waals surface area contributed by atoms with Crippen molar-refractivity contribution in [1.29, 1.82) is 0 Å². The Hall–Kier alpha value is -3.63. The predicted molar refractivity (Wildman–Crippen MR) is 106 cm³/mol. The van der Waals surface area contributed by atoms with Crippen molar-refractivity contribution in [1.82, 2.24) is 19.9 Å². The van der Waals surface area contributed by atoms with E-state index in [9.17, 15) is 22.4 Å². The summed E-state index contributed by atoms with van der Waals surface area (Å²) in [6, 6.07) is 9.18. The molecule has 0 saturated heterocycles. The van der Waals surface area contributed by atoms with Crippen molar-refractivity contribution >= 4 is 5.91 Å². The minimum atomic E-state index is -4.92. The van der Waals surface area contributed by atoms with Gasteiger partial charge in [0.2, 0.25) is 0 Å². The topological polar surface area (TPSA) is 69.5 Å². The van der Waals surface area contributed by atoms with Crippen molar-refractivity contribution in [3.05, 3.63) is 65.2 Å². The Morgan fingerprint density at radius 1 is 1.06 bits per heavy atom. The summed E-state index contributed by atoms with van der Waals surface area (Å²) in [5, 5.41) is 7.03. The Morgan fingerprint density at radius 3 is 2.28 bits per heavy atom. The van der Waals surface area contributed by atoms with Crippen molar-refractivity contribution in [2.45, 2.75) is 19.6 Å². The summed E-state index contributed by atoms with van der Waals surface area (Å²) >= 11 is 0. The van der Waals surface area contributed by atoms with Crippen LogP contribution in [0.4, 0.5) is 17.6 Å². The van der Waals surface area contributed by atoms with Gasteiger partial charge in [-0.3, -0.25) is 4.79 Å². The van der Waals surface area contributed by atoms with Crippen molar-refractivity contribution in [2.75, 3.05) is 20.8 Å². The molecule has 0 aliphatic heterocycles. The first-order valence-corrected chi connectivity index (χ1v) is 9.48. The van der Waals surface area contributed by atoms with E-state index in [2.05, 4.69) is 10.3 Å². The van der Waals surface area contributed by atoms with Gasteiger partial charge in [0.25, 0.3) is 5.91 Å². The highest BCUT2D eigenvalue weighted by molar-refractivity contribution is 5.93. The predicted octanol–water partition coefficient (Wildman–Crippen LogP) is 4.10. The van der Waals surface area contributed by atoms with E-state index in [1.807, 2.05) is 0 Å². The number of methoxy groups -OCH3 is 2. The van der Waals surface area contributed by atoms with Crippen LogP contribution in [0.25, 0.3) is 5.69 Å². The van der Waals surface area contributed by atoms with Gasteiger partial charge < -0.3 is 14.4 Å². The zero-order chi connectivity index (χ0) is 23.5. The Balaban J connectivity index is 1.97. The second-order valence-electron chi connectivity index (χ2n) is 6.68. The standard InChI is InChI=1S/C21H20F4N4O3/c1-4-28(12-13-5-10-16(31-2)17(11-13)32-3)20(30)18-19(21(23,24)25)29(27-26-18)15-8-6-14(22)7-9-15/h5-11H,4,12H2,1-3H3. The molecule has 1 aromatic heterocycles. The van der Waals surface area contributed by atoms with Crippen molar-refractivity contribution in [3.63, 3.8) is 0 Å². The van der Waals surface area contributed by atoms with Crippen LogP contribution < -0.4 is 9.47 Å². The number of rotatable bonds is 7. The molecule has 0 aliphatic carbocycles. The molecule has 0 radical (unpaired) electrons. The molecule has 11 heteroatoms.